The van der Waals surface area contributed by atoms with E-state index in [0.29, 0.717) is 0 Å². The van der Waals surface area contributed by atoms with Crippen molar-refractivity contribution in [1.29, 1.82) is 0 Å². The number of hydrogen-bond donors (Lipinski definition) is 2. The minimum absolute atomic E-state index is 0. The van der Waals surface area contributed by atoms with Gasteiger partial charge in [-0.2, -0.15) is 0 Å². The van der Waals surface area contributed by atoms with Crippen LogP contribution in [0.25, 0.3) is 0 Å². The molecule has 1 fully saturated rings. The van der Waals surface area contributed by atoms with E-state index in [0.717, 1.165) is 45.0 Å². The molecule has 0 saturated heterocycles. The van der Waals surface area contributed by atoms with Crippen molar-refractivity contribution in [2.75, 3.05) is 19.6 Å². The molecule has 1 aliphatic rings. The van der Waals surface area contributed by atoms with E-state index >= 15 is 0 Å². The normalized spacial score (nSPS) is 15.5. The predicted octanol–water partition coefficient (Wildman–Crippen LogP) is 3.35. The van der Waals surface area contributed by atoms with Gasteiger partial charge in [0.25, 0.3) is 0 Å². The first-order valence-corrected chi connectivity index (χ1v) is 9.72. The maximum Gasteiger partial charge on any atom is 0.191 e. The van der Waals surface area contributed by atoms with Crippen molar-refractivity contribution >= 4 is 29.9 Å². The Hall–Kier alpha value is -1.64. The summed E-state index contributed by atoms with van der Waals surface area (Å²) in [5.74, 6) is 0.930. The number of benzene rings is 1. The maximum absolute atomic E-state index is 4.90. The Morgan fingerprint density at radius 2 is 1.85 bits per heavy atom. The summed E-state index contributed by atoms with van der Waals surface area (Å²) >= 11 is 0. The summed E-state index contributed by atoms with van der Waals surface area (Å²) in [5.41, 5.74) is 1.66. The van der Waals surface area contributed by atoms with E-state index in [-0.39, 0.29) is 29.4 Å². The van der Waals surface area contributed by atoms with E-state index in [1.165, 1.54) is 24.8 Å². The largest absolute Gasteiger partial charge is 0.357 e. The van der Waals surface area contributed by atoms with Crippen molar-refractivity contribution in [2.45, 2.75) is 51.0 Å². The SMILES string of the molecule is CCNC(=NCC1(c2ccccc2)CCC1)NCCCCn1cnnc1.I. The van der Waals surface area contributed by atoms with Crippen molar-refractivity contribution in [3.05, 3.63) is 48.5 Å². The summed E-state index contributed by atoms with van der Waals surface area (Å²) < 4.78 is 2.01. The van der Waals surface area contributed by atoms with Crippen LogP contribution in [0.1, 0.15) is 44.6 Å². The van der Waals surface area contributed by atoms with E-state index in [9.17, 15) is 0 Å². The Kier molecular flexibility index (Phi) is 9.03. The molecule has 0 unspecified atom stereocenters. The number of unbranched alkanes of at least 4 members (excludes halogenated alkanes) is 1. The Bertz CT molecular complexity index is 667. The lowest BCUT2D eigenvalue weighted by atomic mass is 9.64. The molecule has 2 N–H and O–H groups in total. The lowest BCUT2D eigenvalue weighted by Crippen LogP contribution is -2.42. The highest BCUT2D eigenvalue weighted by Crippen LogP contribution is 2.43. The van der Waals surface area contributed by atoms with E-state index in [1.807, 2.05) is 4.57 Å². The highest BCUT2D eigenvalue weighted by atomic mass is 127. The van der Waals surface area contributed by atoms with Gasteiger partial charge in [0.05, 0.1) is 6.54 Å². The van der Waals surface area contributed by atoms with Gasteiger partial charge in [-0.05, 0) is 38.2 Å². The first kappa shape index (κ1) is 21.7. The van der Waals surface area contributed by atoms with Crippen LogP contribution >= 0.6 is 24.0 Å². The van der Waals surface area contributed by atoms with Crippen molar-refractivity contribution < 1.29 is 0 Å². The second-order valence-corrected chi connectivity index (χ2v) is 7.03. The molecule has 0 spiro atoms. The third-order valence-corrected chi connectivity index (χ3v) is 5.18. The van der Waals surface area contributed by atoms with Crippen LogP contribution in [0.5, 0.6) is 0 Å². The van der Waals surface area contributed by atoms with Crippen molar-refractivity contribution in [3.8, 4) is 0 Å². The number of hydrogen-bond acceptors (Lipinski definition) is 3. The lowest BCUT2D eigenvalue weighted by molar-refractivity contribution is 0.253. The van der Waals surface area contributed by atoms with Crippen molar-refractivity contribution in [2.24, 2.45) is 4.99 Å². The lowest BCUT2D eigenvalue weighted by Gasteiger charge is -2.41. The van der Waals surface area contributed by atoms with Gasteiger partial charge in [-0.3, -0.25) is 4.99 Å². The molecule has 27 heavy (non-hydrogen) atoms. The predicted molar refractivity (Wildman–Crippen MR) is 121 cm³/mol. The molecule has 0 radical (unpaired) electrons. The molecule has 0 atom stereocenters. The van der Waals surface area contributed by atoms with Crippen LogP contribution < -0.4 is 10.6 Å². The van der Waals surface area contributed by atoms with Crippen LogP contribution in [0, 0.1) is 0 Å². The molecule has 0 amide bonds. The third-order valence-electron chi connectivity index (χ3n) is 5.18. The summed E-state index contributed by atoms with van der Waals surface area (Å²) in [5, 5.41) is 14.5. The van der Waals surface area contributed by atoms with Crippen LogP contribution in [0.2, 0.25) is 0 Å². The van der Waals surface area contributed by atoms with Crippen molar-refractivity contribution in [3.63, 3.8) is 0 Å². The molecule has 3 rings (SSSR count). The minimum atomic E-state index is 0. The third kappa shape index (κ3) is 6.19. The fraction of sp³-hybridized carbons (Fsp3) is 0.550. The quantitative estimate of drug-likeness (QED) is 0.249. The average Bonchev–Trinajstić information content (AvgIpc) is 3.15. The second-order valence-electron chi connectivity index (χ2n) is 7.03. The smallest absolute Gasteiger partial charge is 0.191 e. The number of nitrogens with zero attached hydrogens (tertiary/aromatic N) is 4. The number of guanidine groups is 1. The van der Waals surface area contributed by atoms with Crippen LogP contribution in [-0.2, 0) is 12.0 Å². The number of aryl methyl sites for hydroxylation is 1. The van der Waals surface area contributed by atoms with Gasteiger partial charge in [0.1, 0.15) is 12.7 Å². The van der Waals surface area contributed by atoms with Crippen LogP contribution in [0.3, 0.4) is 0 Å². The highest BCUT2D eigenvalue weighted by Gasteiger charge is 2.38. The monoisotopic (exact) mass is 482 g/mol. The number of halogens is 1. The Morgan fingerprint density at radius 1 is 1.11 bits per heavy atom. The molecule has 1 aromatic carbocycles. The molecular formula is C20H31IN6. The molecule has 2 aromatic rings. The Balaban J connectivity index is 0.00000261. The van der Waals surface area contributed by atoms with Gasteiger partial charge in [-0.25, -0.2) is 0 Å². The van der Waals surface area contributed by atoms with Gasteiger partial charge >= 0.3 is 0 Å². The summed E-state index contributed by atoms with van der Waals surface area (Å²) in [6.07, 6.45) is 9.49. The minimum Gasteiger partial charge on any atom is -0.357 e. The fourth-order valence-corrected chi connectivity index (χ4v) is 3.47. The van der Waals surface area contributed by atoms with E-state index in [4.69, 9.17) is 4.99 Å². The van der Waals surface area contributed by atoms with Gasteiger partial charge in [-0.1, -0.05) is 36.8 Å². The summed E-state index contributed by atoms with van der Waals surface area (Å²) in [6, 6.07) is 10.9. The van der Waals surface area contributed by atoms with Crippen molar-refractivity contribution in [1.82, 2.24) is 25.4 Å². The van der Waals surface area contributed by atoms with E-state index < -0.39 is 0 Å². The van der Waals surface area contributed by atoms with Gasteiger partial charge in [0.2, 0.25) is 0 Å². The second kappa shape index (κ2) is 11.3. The van der Waals surface area contributed by atoms with Gasteiger partial charge in [0.15, 0.2) is 5.96 Å². The summed E-state index contributed by atoms with van der Waals surface area (Å²) in [4.78, 5) is 4.90. The van der Waals surface area contributed by atoms with Crippen LogP contribution in [0.4, 0.5) is 0 Å². The molecule has 7 heteroatoms. The zero-order chi connectivity index (χ0) is 18.1. The molecule has 1 aromatic heterocycles. The summed E-state index contributed by atoms with van der Waals surface area (Å²) in [6.45, 7) is 5.73. The van der Waals surface area contributed by atoms with Gasteiger partial charge in [-0.15, -0.1) is 34.2 Å². The first-order valence-electron chi connectivity index (χ1n) is 9.72. The fourth-order valence-electron chi connectivity index (χ4n) is 3.47. The zero-order valence-corrected chi connectivity index (χ0v) is 18.4. The van der Waals surface area contributed by atoms with Gasteiger partial charge < -0.3 is 15.2 Å². The topological polar surface area (TPSA) is 67.1 Å². The number of rotatable bonds is 9. The van der Waals surface area contributed by atoms with Crippen LogP contribution in [-0.4, -0.2) is 40.4 Å². The molecule has 1 heterocycles. The maximum atomic E-state index is 4.90. The Labute approximate surface area is 179 Å². The number of nitrogens with one attached hydrogen (secondary N) is 2. The van der Waals surface area contributed by atoms with E-state index in [1.54, 1.807) is 12.7 Å². The van der Waals surface area contributed by atoms with E-state index in [2.05, 4.69) is 58.1 Å². The number of aromatic nitrogens is 3. The first-order chi connectivity index (χ1) is 12.8. The molecule has 0 aliphatic heterocycles. The molecule has 148 valence electrons. The zero-order valence-electron chi connectivity index (χ0n) is 16.1. The molecular weight excluding hydrogens is 451 g/mol. The Morgan fingerprint density at radius 3 is 2.48 bits per heavy atom. The molecule has 0 bridgehead atoms. The molecule has 6 nitrogen and oxygen atoms in total. The molecule has 1 aliphatic carbocycles. The number of aliphatic imine (C=N–C) groups is 1. The molecule has 1 saturated carbocycles. The van der Waals surface area contributed by atoms with Crippen LogP contribution in [0.15, 0.2) is 48.0 Å². The van der Waals surface area contributed by atoms with Gasteiger partial charge in [0, 0.05) is 25.0 Å². The standard InChI is InChI=1S/C20H30N6.HI/c1-2-21-19(22-13-6-7-14-26-16-24-25-17-26)23-15-20(11-8-12-20)18-9-4-3-5-10-18;/h3-5,9-10,16-17H,2,6-8,11-15H2,1H3,(H2,21,22,23);1H. The average molecular weight is 482 g/mol. The summed E-state index contributed by atoms with van der Waals surface area (Å²) in [7, 11) is 0. The highest BCUT2D eigenvalue weighted by molar-refractivity contribution is 14.0.